The minimum atomic E-state index is -0.203. The molecule has 2 aromatic rings. The second-order valence-corrected chi connectivity index (χ2v) is 3.85. The minimum absolute atomic E-state index is 0.203. The number of aryl methyl sites for hydroxylation is 1. The van der Waals surface area contributed by atoms with E-state index in [1.165, 1.54) is 4.68 Å². The molecule has 5 nitrogen and oxygen atoms in total. The molecule has 2 rings (SSSR count). The van der Waals surface area contributed by atoms with E-state index < -0.39 is 0 Å². The molecule has 0 saturated carbocycles. The molecule has 0 amide bonds. The average Bonchev–Trinajstić information content (AvgIpc) is 2.59. The van der Waals surface area contributed by atoms with Crippen molar-refractivity contribution in [2.24, 2.45) is 7.05 Å². The largest absolute Gasteiger partial charge is 0.378 e. The van der Waals surface area contributed by atoms with Gasteiger partial charge in [0.2, 0.25) is 0 Å². The van der Waals surface area contributed by atoms with E-state index in [1.807, 2.05) is 43.3 Å². The lowest BCUT2D eigenvalue weighted by Crippen LogP contribution is -2.13. The lowest BCUT2D eigenvalue weighted by molar-refractivity contribution is 0.736. The van der Waals surface area contributed by atoms with Crippen molar-refractivity contribution in [3.8, 4) is 11.4 Å². The molecule has 5 heteroatoms. The zero-order chi connectivity index (χ0) is 11.7. The standard InChI is InChI=1S/C11H14N4O/c1-14(2)9-6-4-5-8(7-9)10-12-11(16)15(3)13-10/h4-7H,1-3H3,(H,12,13,16). The zero-order valence-corrected chi connectivity index (χ0v) is 9.56. The van der Waals surface area contributed by atoms with Crippen LogP contribution in [0.1, 0.15) is 0 Å². The highest BCUT2D eigenvalue weighted by Gasteiger charge is 2.05. The van der Waals surface area contributed by atoms with Gasteiger partial charge < -0.3 is 4.90 Å². The van der Waals surface area contributed by atoms with Crippen molar-refractivity contribution >= 4 is 5.69 Å². The Balaban J connectivity index is 2.48. The Bertz CT molecular complexity index is 553. The highest BCUT2D eigenvalue weighted by atomic mass is 16.1. The predicted molar refractivity (Wildman–Crippen MR) is 63.6 cm³/mol. The van der Waals surface area contributed by atoms with Crippen molar-refractivity contribution in [1.29, 1.82) is 0 Å². The molecule has 0 aliphatic heterocycles. The SMILES string of the molecule is CN(C)c1cccc(-c2nn(C)c(=O)[nH]2)c1. The van der Waals surface area contributed by atoms with Crippen molar-refractivity contribution in [2.45, 2.75) is 0 Å². The van der Waals surface area contributed by atoms with Gasteiger partial charge in [0.05, 0.1) is 0 Å². The molecule has 1 heterocycles. The van der Waals surface area contributed by atoms with Crippen LogP contribution in [0, 0.1) is 0 Å². The first-order valence-corrected chi connectivity index (χ1v) is 4.99. The summed E-state index contributed by atoms with van der Waals surface area (Å²) >= 11 is 0. The molecule has 0 unspecified atom stereocenters. The Morgan fingerprint density at radius 3 is 2.69 bits per heavy atom. The molecule has 0 radical (unpaired) electrons. The summed E-state index contributed by atoms with van der Waals surface area (Å²) in [5.41, 5.74) is 1.78. The van der Waals surface area contributed by atoms with Crippen molar-refractivity contribution < 1.29 is 0 Å². The first-order chi connectivity index (χ1) is 7.58. The number of nitrogens with zero attached hydrogens (tertiary/aromatic N) is 3. The lowest BCUT2D eigenvalue weighted by atomic mass is 10.2. The lowest BCUT2D eigenvalue weighted by Gasteiger charge is -2.12. The molecule has 0 fully saturated rings. The van der Waals surface area contributed by atoms with E-state index >= 15 is 0 Å². The Morgan fingerprint density at radius 1 is 1.38 bits per heavy atom. The van der Waals surface area contributed by atoms with E-state index in [9.17, 15) is 4.79 Å². The fraction of sp³-hybridized carbons (Fsp3) is 0.273. The van der Waals surface area contributed by atoms with E-state index in [4.69, 9.17) is 0 Å². The summed E-state index contributed by atoms with van der Waals surface area (Å²) in [6.45, 7) is 0. The Hall–Kier alpha value is -2.04. The quantitative estimate of drug-likeness (QED) is 0.812. The number of hydrogen-bond acceptors (Lipinski definition) is 3. The van der Waals surface area contributed by atoms with Crippen LogP contribution in [0.3, 0.4) is 0 Å². The molecule has 1 aromatic carbocycles. The summed E-state index contributed by atoms with van der Waals surface area (Å²) in [4.78, 5) is 16.0. The van der Waals surface area contributed by atoms with Gasteiger partial charge in [-0.05, 0) is 12.1 Å². The average molecular weight is 218 g/mol. The van der Waals surface area contributed by atoms with E-state index in [-0.39, 0.29) is 5.69 Å². The minimum Gasteiger partial charge on any atom is -0.378 e. The second kappa shape index (κ2) is 3.84. The van der Waals surface area contributed by atoms with Gasteiger partial charge >= 0.3 is 5.69 Å². The molecule has 0 aliphatic rings. The maximum absolute atomic E-state index is 11.3. The van der Waals surface area contributed by atoms with Crippen molar-refractivity contribution in [2.75, 3.05) is 19.0 Å². The molecule has 0 bridgehead atoms. The van der Waals surface area contributed by atoms with E-state index in [2.05, 4.69) is 10.1 Å². The maximum Gasteiger partial charge on any atom is 0.343 e. The summed E-state index contributed by atoms with van der Waals surface area (Å²) in [6.07, 6.45) is 0. The molecular weight excluding hydrogens is 204 g/mol. The van der Waals surface area contributed by atoms with Crippen LogP contribution in [-0.4, -0.2) is 28.9 Å². The fourth-order valence-corrected chi connectivity index (χ4v) is 1.46. The van der Waals surface area contributed by atoms with Crippen LogP contribution < -0.4 is 10.6 Å². The number of H-pyrrole nitrogens is 1. The van der Waals surface area contributed by atoms with Crippen LogP contribution in [0.15, 0.2) is 29.1 Å². The fourth-order valence-electron chi connectivity index (χ4n) is 1.46. The van der Waals surface area contributed by atoms with Crippen molar-refractivity contribution in [1.82, 2.24) is 14.8 Å². The monoisotopic (exact) mass is 218 g/mol. The van der Waals surface area contributed by atoms with Gasteiger partial charge in [-0.1, -0.05) is 12.1 Å². The summed E-state index contributed by atoms with van der Waals surface area (Å²) < 4.78 is 1.29. The smallest absolute Gasteiger partial charge is 0.343 e. The van der Waals surface area contributed by atoms with Gasteiger partial charge in [0.25, 0.3) is 0 Å². The van der Waals surface area contributed by atoms with E-state index in [0.29, 0.717) is 5.82 Å². The first-order valence-electron chi connectivity index (χ1n) is 4.99. The first kappa shape index (κ1) is 10.5. The van der Waals surface area contributed by atoms with Crippen molar-refractivity contribution in [3.05, 3.63) is 34.7 Å². The number of benzene rings is 1. The number of anilines is 1. The van der Waals surface area contributed by atoms with Crippen LogP contribution in [0.5, 0.6) is 0 Å². The molecule has 0 saturated heterocycles. The molecule has 1 N–H and O–H groups in total. The summed E-state index contributed by atoms with van der Waals surface area (Å²) in [6, 6.07) is 7.85. The molecule has 0 aliphatic carbocycles. The van der Waals surface area contributed by atoms with Gasteiger partial charge in [0, 0.05) is 32.4 Å². The third-order valence-corrected chi connectivity index (χ3v) is 2.41. The molecule has 1 aromatic heterocycles. The van der Waals surface area contributed by atoms with Gasteiger partial charge in [-0.25, -0.2) is 9.48 Å². The summed E-state index contributed by atoms with van der Waals surface area (Å²) in [5.74, 6) is 0.594. The third kappa shape index (κ3) is 1.84. The normalized spacial score (nSPS) is 10.4. The van der Waals surface area contributed by atoms with Crippen molar-refractivity contribution in [3.63, 3.8) is 0 Å². The highest BCUT2D eigenvalue weighted by molar-refractivity contribution is 5.62. The molecule has 84 valence electrons. The van der Waals surface area contributed by atoms with Gasteiger partial charge in [0.15, 0.2) is 5.82 Å². The summed E-state index contributed by atoms with van der Waals surface area (Å²) in [7, 11) is 5.57. The Morgan fingerprint density at radius 2 is 2.12 bits per heavy atom. The number of hydrogen-bond donors (Lipinski definition) is 1. The van der Waals surface area contributed by atoms with Gasteiger partial charge in [-0.2, -0.15) is 5.10 Å². The molecule has 0 atom stereocenters. The van der Waals surface area contributed by atoms with Gasteiger partial charge in [-0.3, -0.25) is 4.98 Å². The third-order valence-electron chi connectivity index (χ3n) is 2.41. The van der Waals surface area contributed by atoms with Crippen LogP contribution in [-0.2, 0) is 7.05 Å². The molecule has 16 heavy (non-hydrogen) atoms. The molecular formula is C11H14N4O. The van der Waals surface area contributed by atoms with Crippen LogP contribution in [0.4, 0.5) is 5.69 Å². The van der Waals surface area contributed by atoms with E-state index in [0.717, 1.165) is 11.3 Å². The van der Waals surface area contributed by atoms with Crippen LogP contribution >= 0.6 is 0 Å². The molecule has 0 spiro atoms. The van der Waals surface area contributed by atoms with Crippen LogP contribution in [0.25, 0.3) is 11.4 Å². The van der Waals surface area contributed by atoms with Gasteiger partial charge in [0.1, 0.15) is 0 Å². The maximum atomic E-state index is 11.3. The number of rotatable bonds is 2. The second-order valence-electron chi connectivity index (χ2n) is 3.85. The summed E-state index contributed by atoms with van der Waals surface area (Å²) in [5, 5.41) is 4.11. The highest BCUT2D eigenvalue weighted by Crippen LogP contribution is 2.19. The zero-order valence-electron chi connectivity index (χ0n) is 9.56. The van der Waals surface area contributed by atoms with E-state index in [1.54, 1.807) is 7.05 Å². The topological polar surface area (TPSA) is 53.9 Å². The predicted octanol–water partition coefficient (Wildman–Crippen LogP) is 0.841. The Labute approximate surface area is 93.3 Å². The number of aromatic amines is 1. The Kier molecular flexibility index (Phi) is 2.52. The van der Waals surface area contributed by atoms with Crippen LogP contribution in [0.2, 0.25) is 0 Å². The van der Waals surface area contributed by atoms with Gasteiger partial charge in [-0.15, -0.1) is 0 Å². The number of aromatic nitrogens is 3. The number of nitrogens with one attached hydrogen (secondary N) is 1.